The molecule has 0 radical (unpaired) electrons. The molecule has 0 atom stereocenters. The minimum Gasteiger partial charge on any atom is -0.352 e. The fourth-order valence-corrected chi connectivity index (χ4v) is 2.74. The Labute approximate surface area is 157 Å². The first kappa shape index (κ1) is 18.5. The van der Waals surface area contributed by atoms with Gasteiger partial charge in [-0.1, -0.05) is 66.7 Å². The van der Waals surface area contributed by atoms with E-state index in [1.54, 1.807) is 24.3 Å². The van der Waals surface area contributed by atoms with Crippen LogP contribution < -0.4 is 5.32 Å². The number of ketones is 1. The SMILES string of the molecule is O=C(CCC(=O)c1ccc(-c2ccccc2)cc1)NCc1ccc(F)cc1. The fraction of sp³-hybridized carbons (Fsp3) is 0.130. The normalized spacial score (nSPS) is 10.4. The van der Waals surface area contributed by atoms with E-state index in [4.69, 9.17) is 0 Å². The molecule has 0 aromatic heterocycles. The summed E-state index contributed by atoms with van der Waals surface area (Å²) in [6.45, 7) is 0.319. The Balaban J connectivity index is 1.48. The molecule has 0 aliphatic heterocycles. The Morgan fingerprint density at radius 2 is 1.37 bits per heavy atom. The molecule has 3 aromatic carbocycles. The number of hydrogen-bond donors (Lipinski definition) is 1. The van der Waals surface area contributed by atoms with Gasteiger partial charge in [0.1, 0.15) is 5.82 Å². The van der Waals surface area contributed by atoms with Crippen LogP contribution in [0.1, 0.15) is 28.8 Å². The number of Topliss-reactive ketones (excluding diaryl/α,β-unsaturated/α-hetero) is 1. The highest BCUT2D eigenvalue weighted by atomic mass is 19.1. The van der Waals surface area contributed by atoms with E-state index in [0.717, 1.165) is 16.7 Å². The molecule has 0 aliphatic carbocycles. The molecule has 0 bridgehead atoms. The third-order valence-electron chi connectivity index (χ3n) is 4.30. The number of carbonyl (C=O) groups excluding carboxylic acids is 2. The van der Waals surface area contributed by atoms with E-state index >= 15 is 0 Å². The van der Waals surface area contributed by atoms with Gasteiger partial charge in [-0.05, 0) is 28.8 Å². The van der Waals surface area contributed by atoms with Crippen LogP contribution in [-0.4, -0.2) is 11.7 Å². The molecule has 27 heavy (non-hydrogen) atoms. The summed E-state index contributed by atoms with van der Waals surface area (Å²) in [6, 6.07) is 23.3. The van der Waals surface area contributed by atoms with Gasteiger partial charge in [0.05, 0.1) is 0 Å². The van der Waals surface area contributed by atoms with Crippen molar-refractivity contribution in [2.75, 3.05) is 0 Å². The second-order valence-corrected chi connectivity index (χ2v) is 6.27. The van der Waals surface area contributed by atoms with Crippen molar-refractivity contribution in [2.45, 2.75) is 19.4 Å². The van der Waals surface area contributed by atoms with Crippen LogP contribution in [0.25, 0.3) is 11.1 Å². The van der Waals surface area contributed by atoms with Gasteiger partial charge >= 0.3 is 0 Å². The molecule has 0 saturated carbocycles. The first-order valence-electron chi connectivity index (χ1n) is 8.81. The van der Waals surface area contributed by atoms with E-state index in [-0.39, 0.29) is 30.3 Å². The van der Waals surface area contributed by atoms with E-state index in [0.29, 0.717) is 12.1 Å². The van der Waals surface area contributed by atoms with Gasteiger partial charge in [0.15, 0.2) is 5.78 Å². The molecule has 3 nitrogen and oxygen atoms in total. The zero-order valence-electron chi connectivity index (χ0n) is 14.8. The zero-order valence-corrected chi connectivity index (χ0v) is 14.8. The van der Waals surface area contributed by atoms with Crippen LogP contribution in [0.2, 0.25) is 0 Å². The number of nitrogens with one attached hydrogen (secondary N) is 1. The van der Waals surface area contributed by atoms with Gasteiger partial charge in [-0.2, -0.15) is 0 Å². The molecule has 0 aliphatic rings. The van der Waals surface area contributed by atoms with Crippen molar-refractivity contribution in [3.8, 4) is 11.1 Å². The molecule has 3 rings (SSSR count). The van der Waals surface area contributed by atoms with E-state index in [9.17, 15) is 14.0 Å². The van der Waals surface area contributed by atoms with Crippen LogP contribution in [-0.2, 0) is 11.3 Å². The Bertz CT molecular complexity index is 903. The largest absolute Gasteiger partial charge is 0.352 e. The molecule has 1 N–H and O–H groups in total. The Kier molecular flexibility index (Phi) is 6.10. The van der Waals surface area contributed by atoms with Crippen molar-refractivity contribution in [3.05, 3.63) is 95.8 Å². The maximum Gasteiger partial charge on any atom is 0.220 e. The molecule has 0 heterocycles. The summed E-state index contributed by atoms with van der Waals surface area (Å²) in [4.78, 5) is 24.2. The van der Waals surface area contributed by atoms with Gasteiger partial charge < -0.3 is 5.32 Å². The molecule has 4 heteroatoms. The van der Waals surface area contributed by atoms with E-state index in [2.05, 4.69) is 5.32 Å². The molecule has 1 amide bonds. The van der Waals surface area contributed by atoms with Crippen molar-refractivity contribution >= 4 is 11.7 Å². The predicted octanol–water partition coefficient (Wildman–Crippen LogP) is 4.77. The van der Waals surface area contributed by atoms with Crippen LogP contribution in [0.5, 0.6) is 0 Å². The highest BCUT2D eigenvalue weighted by Gasteiger charge is 2.10. The molecule has 136 valence electrons. The second kappa shape index (κ2) is 8.90. The van der Waals surface area contributed by atoms with Gasteiger partial charge in [-0.25, -0.2) is 4.39 Å². The van der Waals surface area contributed by atoms with E-state index in [1.165, 1.54) is 12.1 Å². The van der Waals surface area contributed by atoms with Crippen molar-refractivity contribution in [1.29, 1.82) is 0 Å². The number of carbonyl (C=O) groups is 2. The lowest BCUT2D eigenvalue weighted by Crippen LogP contribution is -2.23. The van der Waals surface area contributed by atoms with Crippen LogP contribution in [0.3, 0.4) is 0 Å². The quantitative estimate of drug-likeness (QED) is 0.616. The van der Waals surface area contributed by atoms with Gasteiger partial charge in [0.2, 0.25) is 5.91 Å². The molecule has 0 saturated heterocycles. The van der Waals surface area contributed by atoms with Crippen LogP contribution in [0.4, 0.5) is 4.39 Å². The lowest BCUT2D eigenvalue weighted by molar-refractivity contribution is -0.121. The summed E-state index contributed by atoms with van der Waals surface area (Å²) < 4.78 is 12.9. The molecule has 3 aromatic rings. The highest BCUT2D eigenvalue weighted by Crippen LogP contribution is 2.19. The maximum atomic E-state index is 12.9. The van der Waals surface area contributed by atoms with Gasteiger partial charge in [-0.15, -0.1) is 0 Å². The smallest absolute Gasteiger partial charge is 0.220 e. The third kappa shape index (κ3) is 5.35. The lowest BCUT2D eigenvalue weighted by atomic mass is 10.0. The average Bonchev–Trinajstić information content (AvgIpc) is 2.72. The topological polar surface area (TPSA) is 46.2 Å². The summed E-state index contributed by atoms with van der Waals surface area (Å²) in [5.41, 5.74) is 3.55. The fourth-order valence-electron chi connectivity index (χ4n) is 2.74. The number of rotatable bonds is 7. The van der Waals surface area contributed by atoms with Crippen LogP contribution in [0.15, 0.2) is 78.9 Å². The summed E-state index contributed by atoms with van der Waals surface area (Å²) in [7, 11) is 0. The average molecular weight is 361 g/mol. The first-order chi connectivity index (χ1) is 13.1. The molecule has 0 spiro atoms. The number of hydrogen-bond acceptors (Lipinski definition) is 2. The monoisotopic (exact) mass is 361 g/mol. The van der Waals surface area contributed by atoms with Crippen molar-refractivity contribution < 1.29 is 14.0 Å². The number of amides is 1. The Morgan fingerprint density at radius 1 is 0.741 bits per heavy atom. The van der Waals surface area contributed by atoms with Crippen LogP contribution in [0, 0.1) is 5.82 Å². The van der Waals surface area contributed by atoms with Crippen molar-refractivity contribution in [1.82, 2.24) is 5.32 Å². The van der Waals surface area contributed by atoms with Crippen molar-refractivity contribution in [2.24, 2.45) is 0 Å². The van der Waals surface area contributed by atoms with E-state index < -0.39 is 0 Å². The molecular weight excluding hydrogens is 341 g/mol. The highest BCUT2D eigenvalue weighted by molar-refractivity contribution is 5.98. The Morgan fingerprint density at radius 3 is 2.04 bits per heavy atom. The molecular formula is C23H20FNO2. The third-order valence-corrected chi connectivity index (χ3v) is 4.30. The Hall–Kier alpha value is -3.27. The predicted molar refractivity (Wildman–Crippen MR) is 104 cm³/mol. The van der Waals surface area contributed by atoms with Gasteiger partial charge in [0.25, 0.3) is 0 Å². The molecule has 0 unspecified atom stereocenters. The van der Waals surface area contributed by atoms with Crippen molar-refractivity contribution in [3.63, 3.8) is 0 Å². The summed E-state index contributed by atoms with van der Waals surface area (Å²) in [5, 5.41) is 2.74. The van der Waals surface area contributed by atoms with E-state index in [1.807, 2.05) is 42.5 Å². The zero-order chi connectivity index (χ0) is 19.1. The number of halogens is 1. The first-order valence-corrected chi connectivity index (χ1v) is 8.81. The second-order valence-electron chi connectivity index (χ2n) is 6.27. The van der Waals surface area contributed by atoms with Crippen LogP contribution >= 0.6 is 0 Å². The van der Waals surface area contributed by atoms with Gasteiger partial charge in [-0.3, -0.25) is 9.59 Å². The molecule has 0 fully saturated rings. The summed E-state index contributed by atoms with van der Waals surface area (Å²) in [6.07, 6.45) is 0.278. The van der Waals surface area contributed by atoms with Gasteiger partial charge in [0, 0.05) is 24.9 Å². The lowest BCUT2D eigenvalue weighted by Gasteiger charge is -2.06. The minimum atomic E-state index is -0.311. The standard InChI is InChI=1S/C23H20FNO2/c24-21-12-6-17(7-13-21)16-25-23(27)15-14-22(26)20-10-8-19(9-11-20)18-4-2-1-3-5-18/h1-13H,14-16H2,(H,25,27). The number of benzene rings is 3. The minimum absolute atomic E-state index is 0.0634. The summed E-state index contributed by atoms with van der Waals surface area (Å²) in [5.74, 6) is -0.575. The maximum absolute atomic E-state index is 12.9. The summed E-state index contributed by atoms with van der Waals surface area (Å²) >= 11 is 0.